The molecule has 0 radical (unpaired) electrons. The lowest BCUT2D eigenvalue weighted by Gasteiger charge is -2.27. The molecule has 0 rings (SSSR count). The van der Waals surface area contributed by atoms with Crippen LogP contribution in [0.25, 0.3) is 0 Å². The molecule has 0 heterocycles. The summed E-state index contributed by atoms with van der Waals surface area (Å²) in [5.74, 6) is -2.11. The van der Waals surface area contributed by atoms with E-state index in [4.69, 9.17) is 14.9 Å². The monoisotopic (exact) mass is 405 g/mol. The zero-order valence-corrected chi connectivity index (χ0v) is 16.8. The van der Waals surface area contributed by atoms with Gasteiger partial charge in [-0.3, -0.25) is 4.79 Å². The van der Waals surface area contributed by atoms with E-state index in [0.29, 0.717) is 32.4 Å². The van der Waals surface area contributed by atoms with Gasteiger partial charge in [0.2, 0.25) is 6.10 Å². The van der Waals surface area contributed by atoms with Gasteiger partial charge >= 0.3 is 18.2 Å². The van der Waals surface area contributed by atoms with Crippen LogP contribution in [-0.2, 0) is 19.1 Å². The molecule has 0 fully saturated rings. The molecule has 0 spiro atoms. The lowest BCUT2D eigenvalue weighted by molar-refractivity contribution is -0.155. The van der Waals surface area contributed by atoms with E-state index in [9.17, 15) is 19.2 Å². The Morgan fingerprint density at radius 2 is 1.54 bits per heavy atom. The highest BCUT2D eigenvalue weighted by molar-refractivity contribution is 5.99. The van der Waals surface area contributed by atoms with Crippen molar-refractivity contribution >= 4 is 24.1 Å². The van der Waals surface area contributed by atoms with Crippen LogP contribution < -0.4 is 10.6 Å². The second kappa shape index (κ2) is 12.8. The smallest absolute Gasteiger partial charge is 0.410 e. The van der Waals surface area contributed by atoms with E-state index in [1.807, 2.05) is 0 Å². The fraction of sp³-hybridized carbons (Fsp3) is 0.765. The van der Waals surface area contributed by atoms with E-state index >= 15 is 0 Å². The number of amides is 3. The van der Waals surface area contributed by atoms with Crippen molar-refractivity contribution in [1.29, 1.82) is 0 Å². The van der Waals surface area contributed by atoms with E-state index in [2.05, 4.69) is 15.4 Å². The maximum Gasteiger partial charge on any atom is 0.410 e. The Morgan fingerprint density at radius 1 is 0.964 bits per heavy atom. The number of nitrogens with zero attached hydrogens (tertiary/aromatic N) is 1. The van der Waals surface area contributed by atoms with Gasteiger partial charge < -0.3 is 35.2 Å². The number of nitrogens with one attached hydrogen (secondary N) is 2. The van der Waals surface area contributed by atoms with E-state index in [0.717, 1.165) is 7.11 Å². The van der Waals surface area contributed by atoms with Crippen molar-refractivity contribution in [1.82, 2.24) is 15.5 Å². The topological polar surface area (TPSA) is 154 Å². The molecule has 4 N–H and O–H groups in total. The summed E-state index contributed by atoms with van der Waals surface area (Å²) in [7, 11) is 1.14. The maximum atomic E-state index is 12.3. The highest BCUT2D eigenvalue weighted by atomic mass is 16.6. The zero-order valence-electron chi connectivity index (χ0n) is 16.8. The molecular weight excluding hydrogens is 374 g/mol. The molecule has 28 heavy (non-hydrogen) atoms. The van der Waals surface area contributed by atoms with Gasteiger partial charge in [0.1, 0.15) is 5.60 Å². The first-order valence-electron chi connectivity index (χ1n) is 8.96. The summed E-state index contributed by atoms with van der Waals surface area (Å²) in [5, 5.41) is 22.1. The van der Waals surface area contributed by atoms with Gasteiger partial charge in [-0.05, 0) is 40.0 Å². The van der Waals surface area contributed by atoms with Crippen LogP contribution in [0.2, 0.25) is 0 Å². The fourth-order valence-electron chi connectivity index (χ4n) is 2.14. The van der Waals surface area contributed by atoms with Crippen LogP contribution in [0.4, 0.5) is 9.59 Å². The number of hydrogen-bond donors (Lipinski definition) is 4. The SMILES string of the molecule is COC(C(=O)O)C(=O)NCCCCN(CCCNC(=O)O)C(=O)OC(C)(C)C. The lowest BCUT2D eigenvalue weighted by atomic mass is 10.2. The quantitative estimate of drug-likeness (QED) is 0.275. The molecule has 0 saturated carbocycles. The molecule has 0 aliphatic carbocycles. The number of rotatable bonds is 12. The standard InChI is InChI=1S/C17H31N3O8/c1-17(2,3)28-16(26)20(11-7-9-19-15(24)25)10-6-5-8-18-13(21)12(27-4)14(22)23/h12,19H,5-11H2,1-4H3,(H,18,21)(H,22,23)(H,24,25). The Labute approximate surface area is 164 Å². The third-order valence-electron chi connectivity index (χ3n) is 3.38. The molecule has 0 bridgehead atoms. The molecule has 11 heteroatoms. The second-order valence-electron chi connectivity index (χ2n) is 7.00. The van der Waals surface area contributed by atoms with Crippen LogP contribution in [0.5, 0.6) is 0 Å². The summed E-state index contributed by atoms with van der Waals surface area (Å²) >= 11 is 0. The Morgan fingerprint density at radius 3 is 2.04 bits per heavy atom. The van der Waals surface area contributed by atoms with Crippen LogP contribution in [-0.4, -0.2) is 84.2 Å². The maximum absolute atomic E-state index is 12.3. The normalized spacial score (nSPS) is 12.0. The number of carboxylic acids is 1. The Bertz CT molecular complexity index is 533. The zero-order chi connectivity index (χ0) is 21.7. The van der Waals surface area contributed by atoms with Gasteiger partial charge in [-0.25, -0.2) is 14.4 Å². The van der Waals surface area contributed by atoms with Gasteiger partial charge in [0.15, 0.2) is 0 Å². The molecule has 1 unspecified atom stereocenters. The fourth-order valence-corrected chi connectivity index (χ4v) is 2.14. The minimum absolute atomic E-state index is 0.207. The van der Waals surface area contributed by atoms with Crippen molar-refractivity contribution in [3.63, 3.8) is 0 Å². The Kier molecular flexibility index (Phi) is 11.6. The molecule has 11 nitrogen and oxygen atoms in total. The number of hydrogen-bond acceptors (Lipinski definition) is 6. The molecule has 0 aromatic heterocycles. The van der Waals surface area contributed by atoms with E-state index in [1.54, 1.807) is 20.8 Å². The predicted molar refractivity (Wildman–Crippen MR) is 99.1 cm³/mol. The molecule has 0 saturated heterocycles. The molecule has 162 valence electrons. The number of carboxylic acid groups (broad SMARTS) is 2. The van der Waals surface area contributed by atoms with Gasteiger partial charge in [0.05, 0.1) is 0 Å². The largest absolute Gasteiger partial charge is 0.479 e. The summed E-state index contributed by atoms with van der Waals surface area (Å²) in [5.41, 5.74) is -0.658. The third-order valence-corrected chi connectivity index (χ3v) is 3.38. The van der Waals surface area contributed by atoms with Gasteiger partial charge in [0.25, 0.3) is 5.91 Å². The molecular formula is C17H31N3O8. The van der Waals surface area contributed by atoms with E-state index in [-0.39, 0.29) is 13.1 Å². The first-order chi connectivity index (χ1) is 13.0. The highest BCUT2D eigenvalue weighted by Crippen LogP contribution is 2.11. The Hall–Kier alpha value is -2.56. The molecule has 0 aliphatic rings. The number of methoxy groups -OCH3 is 1. The van der Waals surface area contributed by atoms with Crippen molar-refractivity contribution in [3.8, 4) is 0 Å². The van der Waals surface area contributed by atoms with E-state index < -0.39 is 35.8 Å². The average molecular weight is 405 g/mol. The first kappa shape index (κ1) is 25.4. The minimum Gasteiger partial charge on any atom is -0.479 e. The van der Waals surface area contributed by atoms with Crippen LogP contribution in [0.1, 0.15) is 40.0 Å². The number of unbranched alkanes of at least 4 members (excludes halogenated alkanes) is 1. The van der Waals surface area contributed by atoms with Crippen LogP contribution in [0.3, 0.4) is 0 Å². The van der Waals surface area contributed by atoms with Gasteiger partial charge in [-0.1, -0.05) is 0 Å². The van der Waals surface area contributed by atoms with Gasteiger partial charge in [-0.2, -0.15) is 0 Å². The molecule has 0 aliphatic heterocycles. The van der Waals surface area contributed by atoms with Crippen molar-refractivity contribution < 1.29 is 38.9 Å². The molecule has 3 amide bonds. The summed E-state index contributed by atoms with van der Waals surface area (Å²) in [6.07, 6.45) is -1.71. The summed E-state index contributed by atoms with van der Waals surface area (Å²) in [6.45, 7) is 6.35. The van der Waals surface area contributed by atoms with E-state index in [1.165, 1.54) is 4.90 Å². The van der Waals surface area contributed by atoms with Crippen molar-refractivity contribution in [2.24, 2.45) is 0 Å². The average Bonchev–Trinajstić information content (AvgIpc) is 2.54. The predicted octanol–water partition coefficient (Wildman–Crippen LogP) is 0.877. The summed E-state index contributed by atoms with van der Waals surface area (Å²) in [4.78, 5) is 46.7. The molecule has 1 atom stereocenters. The first-order valence-corrected chi connectivity index (χ1v) is 8.96. The number of carbonyl (C=O) groups is 4. The van der Waals surface area contributed by atoms with Crippen molar-refractivity contribution in [2.75, 3.05) is 33.3 Å². The summed E-state index contributed by atoms with van der Waals surface area (Å²) < 4.78 is 9.93. The third kappa shape index (κ3) is 11.9. The van der Waals surface area contributed by atoms with Crippen LogP contribution in [0, 0.1) is 0 Å². The number of aliphatic carboxylic acids is 1. The minimum atomic E-state index is -1.56. The van der Waals surface area contributed by atoms with Crippen LogP contribution >= 0.6 is 0 Å². The Balaban J connectivity index is 4.42. The molecule has 0 aromatic rings. The highest BCUT2D eigenvalue weighted by Gasteiger charge is 2.25. The lowest BCUT2D eigenvalue weighted by Crippen LogP contribution is -2.42. The van der Waals surface area contributed by atoms with Crippen molar-refractivity contribution in [2.45, 2.75) is 51.7 Å². The van der Waals surface area contributed by atoms with Gasteiger partial charge in [-0.15, -0.1) is 0 Å². The molecule has 0 aromatic carbocycles. The number of ether oxygens (including phenoxy) is 2. The second-order valence-corrected chi connectivity index (χ2v) is 7.00. The number of carbonyl (C=O) groups excluding carboxylic acids is 2. The summed E-state index contributed by atoms with van der Waals surface area (Å²) in [6, 6.07) is 0. The van der Waals surface area contributed by atoms with Crippen molar-refractivity contribution in [3.05, 3.63) is 0 Å². The van der Waals surface area contributed by atoms with Gasteiger partial charge in [0, 0.05) is 33.3 Å². The van der Waals surface area contributed by atoms with Crippen LogP contribution in [0.15, 0.2) is 0 Å².